The van der Waals surface area contributed by atoms with Gasteiger partial charge in [-0.1, -0.05) is 65.7 Å². The number of aromatic nitrogens is 2. The number of hydrogen-bond acceptors (Lipinski definition) is 5. The second-order valence-electron chi connectivity index (χ2n) is 6.59. The average molecular weight is 433 g/mol. The fraction of sp³-hybridized carbons (Fsp3) is 0. The van der Waals surface area contributed by atoms with Crippen LogP contribution in [0.15, 0.2) is 88.6 Å². The molecule has 146 valence electrons. The van der Waals surface area contributed by atoms with Crippen molar-refractivity contribution in [1.29, 1.82) is 0 Å². The third-order valence-electron chi connectivity index (χ3n) is 4.65. The van der Waals surface area contributed by atoms with Gasteiger partial charge in [0.25, 0.3) is 0 Å². The van der Waals surface area contributed by atoms with Gasteiger partial charge in [-0.15, -0.1) is 0 Å². The summed E-state index contributed by atoms with van der Waals surface area (Å²) < 4.78 is 6.09. The zero-order valence-corrected chi connectivity index (χ0v) is 17.0. The molecule has 0 atom stereocenters. The number of nitrogens with zero attached hydrogens (tertiary/aromatic N) is 3. The molecule has 7 heteroatoms. The van der Waals surface area contributed by atoms with E-state index in [1.54, 1.807) is 12.1 Å². The molecule has 0 aliphatic carbocycles. The molecule has 30 heavy (non-hydrogen) atoms. The molecule has 2 heterocycles. The largest absolute Gasteiger partial charge is 0.454 e. The highest BCUT2D eigenvalue weighted by molar-refractivity contribution is 6.38. The van der Waals surface area contributed by atoms with Crippen molar-refractivity contribution >= 4 is 50.9 Å². The quantitative estimate of drug-likeness (QED) is 0.340. The van der Waals surface area contributed by atoms with E-state index >= 15 is 0 Å². The van der Waals surface area contributed by atoms with Crippen LogP contribution in [-0.4, -0.2) is 9.97 Å². The number of nitrogens with one attached hydrogen (secondary N) is 1. The summed E-state index contributed by atoms with van der Waals surface area (Å²) in [5, 5.41) is 7.71. The molecule has 0 unspecified atom stereocenters. The van der Waals surface area contributed by atoms with E-state index in [9.17, 15) is 0 Å². The summed E-state index contributed by atoms with van der Waals surface area (Å²) in [5.41, 5.74) is 5.31. The second kappa shape index (κ2) is 7.78. The fourth-order valence-electron chi connectivity index (χ4n) is 3.24. The van der Waals surface area contributed by atoms with Crippen LogP contribution in [0.3, 0.4) is 0 Å². The summed E-state index contributed by atoms with van der Waals surface area (Å²) >= 11 is 12.7. The van der Waals surface area contributed by atoms with E-state index in [4.69, 9.17) is 27.6 Å². The van der Waals surface area contributed by atoms with Crippen molar-refractivity contribution in [2.75, 3.05) is 5.43 Å². The molecule has 0 aliphatic heterocycles. The predicted molar refractivity (Wildman–Crippen MR) is 120 cm³/mol. The first-order valence-corrected chi connectivity index (χ1v) is 9.92. The van der Waals surface area contributed by atoms with Crippen molar-refractivity contribution in [3.05, 3.63) is 94.5 Å². The Hall–Kier alpha value is -3.41. The first kappa shape index (κ1) is 18.6. The molecule has 3 aromatic carbocycles. The summed E-state index contributed by atoms with van der Waals surface area (Å²) in [5.74, 6) is 1.24. The minimum Gasteiger partial charge on any atom is -0.454 e. The Balaban J connectivity index is 1.72. The van der Waals surface area contributed by atoms with Crippen molar-refractivity contribution in [2.24, 2.45) is 5.10 Å². The number of rotatable bonds is 3. The first-order valence-electron chi connectivity index (χ1n) is 9.17. The highest BCUT2D eigenvalue weighted by Crippen LogP contribution is 2.30. The van der Waals surface area contributed by atoms with Crippen molar-refractivity contribution in [3.63, 3.8) is 0 Å². The molecule has 5 aromatic rings. The van der Waals surface area contributed by atoms with Crippen LogP contribution in [0.2, 0.25) is 10.0 Å². The van der Waals surface area contributed by atoms with Crippen LogP contribution in [0.25, 0.3) is 33.2 Å². The van der Waals surface area contributed by atoms with E-state index < -0.39 is 0 Å². The molecule has 0 radical (unpaired) electrons. The summed E-state index contributed by atoms with van der Waals surface area (Å²) in [6.07, 6.45) is 1.50. The van der Waals surface area contributed by atoms with Crippen molar-refractivity contribution in [1.82, 2.24) is 9.97 Å². The summed E-state index contributed by atoms with van der Waals surface area (Å²) in [6, 6.07) is 22.8. The Morgan fingerprint density at radius 1 is 0.833 bits per heavy atom. The van der Waals surface area contributed by atoms with Gasteiger partial charge in [0, 0.05) is 27.4 Å². The number of benzene rings is 3. The number of hydrogen-bond donors (Lipinski definition) is 1. The number of anilines is 1. The maximum atomic E-state index is 6.43. The van der Waals surface area contributed by atoms with Gasteiger partial charge < -0.3 is 4.42 Å². The van der Waals surface area contributed by atoms with Crippen LogP contribution in [-0.2, 0) is 0 Å². The van der Waals surface area contributed by atoms with Gasteiger partial charge in [-0.05, 0) is 24.3 Å². The molecule has 5 rings (SSSR count). The molecule has 0 bridgehead atoms. The van der Waals surface area contributed by atoms with Gasteiger partial charge in [0.1, 0.15) is 12.1 Å². The first-order chi connectivity index (χ1) is 14.7. The maximum absolute atomic E-state index is 6.43. The number of para-hydroxylation sites is 1. The lowest BCUT2D eigenvalue weighted by Gasteiger charge is -2.08. The third kappa shape index (κ3) is 3.49. The molecule has 0 aliphatic rings. The molecule has 0 saturated carbocycles. The maximum Gasteiger partial charge on any atom is 0.157 e. The van der Waals surface area contributed by atoms with Gasteiger partial charge in [-0.3, -0.25) is 5.43 Å². The molecule has 2 aromatic heterocycles. The highest BCUT2D eigenvalue weighted by Gasteiger charge is 2.11. The standard InChI is InChI=1S/C23H14Cl2N4O/c24-15-10-17-20(28-29-23-16-8-4-5-9-19(16)26-13-27-23)12-21(14-6-2-1-3-7-14)30-22(17)18(25)11-15/h1-13H,(H,26,27,29)/b28-20+. The molecule has 0 saturated heterocycles. The van der Waals surface area contributed by atoms with Gasteiger partial charge in [-0.25, -0.2) is 9.97 Å². The van der Waals surface area contributed by atoms with E-state index in [0.717, 1.165) is 16.5 Å². The molecule has 0 spiro atoms. The minimum absolute atomic E-state index is 0.416. The van der Waals surface area contributed by atoms with Crippen LogP contribution in [0.5, 0.6) is 0 Å². The molecule has 1 N–H and O–H groups in total. The van der Waals surface area contributed by atoms with Gasteiger partial charge in [-0.2, -0.15) is 5.10 Å². The SMILES string of the molecule is Clc1cc(Cl)c2oc(-c3ccccc3)c/c(=N\Nc3ncnc4ccccc34)c2c1. The highest BCUT2D eigenvalue weighted by atomic mass is 35.5. The van der Waals surface area contributed by atoms with Crippen molar-refractivity contribution in [3.8, 4) is 11.3 Å². The third-order valence-corrected chi connectivity index (χ3v) is 5.15. The summed E-state index contributed by atoms with van der Waals surface area (Å²) in [4.78, 5) is 8.61. The second-order valence-corrected chi connectivity index (χ2v) is 7.43. The van der Waals surface area contributed by atoms with E-state index in [2.05, 4.69) is 20.5 Å². The summed E-state index contributed by atoms with van der Waals surface area (Å²) in [6.45, 7) is 0. The molecule has 0 amide bonds. The van der Waals surface area contributed by atoms with Gasteiger partial charge >= 0.3 is 0 Å². The van der Waals surface area contributed by atoms with Crippen LogP contribution < -0.4 is 10.8 Å². The van der Waals surface area contributed by atoms with E-state index in [1.165, 1.54) is 6.33 Å². The Labute approximate surface area is 181 Å². The lowest BCUT2D eigenvalue weighted by atomic mass is 10.1. The smallest absolute Gasteiger partial charge is 0.157 e. The number of halogens is 2. The minimum atomic E-state index is 0.416. The normalized spacial score (nSPS) is 11.9. The zero-order chi connectivity index (χ0) is 20.5. The Morgan fingerprint density at radius 2 is 1.63 bits per heavy atom. The van der Waals surface area contributed by atoms with E-state index in [-0.39, 0.29) is 0 Å². The van der Waals surface area contributed by atoms with Crippen LogP contribution in [0.1, 0.15) is 0 Å². The van der Waals surface area contributed by atoms with Gasteiger partial charge in [0.05, 0.1) is 15.9 Å². The predicted octanol–water partition coefficient (Wildman–Crippen LogP) is 6.28. The van der Waals surface area contributed by atoms with Crippen LogP contribution in [0.4, 0.5) is 5.82 Å². The Kier molecular flexibility index (Phi) is 4.83. The van der Waals surface area contributed by atoms with Crippen LogP contribution >= 0.6 is 23.2 Å². The van der Waals surface area contributed by atoms with E-state index in [1.807, 2.05) is 60.7 Å². The molecular weight excluding hydrogens is 419 g/mol. The Morgan fingerprint density at radius 3 is 2.50 bits per heavy atom. The van der Waals surface area contributed by atoms with Crippen molar-refractivity contribution in [2.45, 2.75) is 0 Å². The van der Waals surface area contributed by atoms with Crippen LogP contribution in [0, 0.1) is 0 Å². The molecule has 0 fully saturated rings. The van der Waals surface area contributed by atoms with E-state index in [0.29, 0.717) is 37.9 Å². The summed E-state index contributed by atoms with van der Waals surface area (Å²) in [7, 11) is 0. The topological polar surface area (TPSA) is 63.3 Å². The molecule has 5 nitrogen and oxygen atoms in total. The average Bonchev–Trinajstić information content (AvgIpc) is 2.78. The Bertz CT molecular complexity index is 1440. The van der Waals surface area contributed by atoms with Crippen molar-refractivity contribution < 1.29 is 4.42 Å². The fourth-order valence-corrected chi connectivity index (χ4v) is 3.77. The monoisotopic (exact) mass is 432 g/mol. The lowest BCUT2D eigenvalue weighted by Crippen LogP contribution is -2.08. The zero-order valence-electron chi connectivity index (χ0n) is 15.5. The van der Waals surface area contributed by atoms with Gasteiger partial charge in [0.15, 0.2) is 11.4 Å². The van der Waals surface area contributed by atoms with Gasteiger partial charge in [0.2, 0.25) is 0 Å². The lowest BCUT2D eigenvalue weighted by molar-refractivity contribution is 0.618. The number of fused-ring (bicyclic) bond motifs is 2. The molecular formula is C23H14Cl2N4O.